The SMILES string of the molecule is Cc1ccc(CCCNS(=O)(=O)c2ccc(F)cc2C)cc1. The third-order valence-corrected chi connectivity index (χ3v) is 5.10. The second-order valence-corrected chi connectivity index (χ2v) is 7.13. The van der Waals surface area contributed by atoms with Crippen molar-refractivity contribution >= 4 is 10.0 Å². The lowest BCUT2D eigenvalue weighted by Crippen LogP contribution is -2.25. The van der Waals surface area contributed by atoms with Gasteiger partial charge in [0.15, 0.2) is 0 Å². The summed E-state index contributed by atoms with van der Waals surface area (Å²) in [5.41, 5.74) is 2.80. The number of benzene rings is 2. The second-order valence-electron chi connectivity index (χ2n) is 5.40. The molecule has 0 aromatic heterocycles. The molecule has 0 amide bonds. The zero-order valence-electron chi connectivity index (χ0n) is 12.8. The minimum atomic E-state index is -3.59. The zero-order chi connectivity index (χ0) is 16.2. The summed E-state index contributed by atoms with van der Waals surface area (Å²) in [6, 6.07) is 11.9. The van der Waals surface area contributed by atoms with Crippen LogP contribution < -0.4 is 4.72 Å². The van der Waals surface area contributed by atoms with Gasteiger partial charge in [-0.3, -0.25) is 0 Å². The van der Waals surface area contributed by atoms with Crippen LogP contribution in [-0.4, -0.2) is 15.0 Å². The maximum absolute atomic E-state index is 13.0. The fourth-order valence-corrected chi connectivity index (χ4v) is 3.54. The van der Waals surface area contributed by atoms with Crippen molar-refractivity contribution in [2.45, 2.75) is 31.6 Å². The average Bonchev–Trinajstić information content (AvgIpc) is 2.45. The predicted octanol–water partition coefficient (Wildman–Crippen LogP) is 3.35. The summed E-state index contributed by atoms with van der Waals surface area (Å²) < 4.78 is 40.0. The molecule has 0 atom stereocenters. The third-order valence-electron chi connectivity index (χ3n) is 3.48. The van der Waals surface area contributed by atoms with Crippen LogP contribution in [0.4, 0.5) is 4.39 Å². The summed E-state index contributed by atoms with van der Waals surface area (Å²) in [4.78, 5) is 0.129. The molecule has 0 unspecified atom stereocenters. The van der Waals surface area contributed by atoms with E-state index < -0.39 is 15.8 Å². The van der Waals surface area contributed by atoms with E-state index in [2.05, 4.69) is 4.72 Å². The molecule has 0 radical (unpaired) electrons. The largest absolute Gasteiger partial charge is 0.240 e. The van der Waals surface area contributed by atoms with E-state index in [4.69, 9.17) is 0 Å². The number of rotatable bonds is 6. The quantitative estimate of drug-likeness (QED) is 0.829. The Kier molecular flexibility index (Phi) is 5.32. The highest BCUT2D eigenvalue weighted by Gasteiger charge is 2.16. The molecule has 2 aromatic rings. The number of hydrogen-bond donors (Lipinski definition) is 1. The van der Waals surface area contributed by atoms with E-state index in [1.54, 1.807) is 6.92 Å². The van der Waals surface area contributed by atoms with E-state index in [0.29, 0.717) is 18.5 Å². The van der Waals surface area contributed by atoms with Crippen molar-refractivity contribution in [1.82, 2.24) is 4.72 Å². The van der Waals surface area contributed by atoms with Crippen LogP contribution in [0.25, 0.3) is 0 Å². The highest BCUT2D eigenvalue weighted by Crippen LogP contribution is 2.16. The first-order valence-electron chi connectivity index (χ1n) is 7.20. The standard InChI is InChI=1S/C17H20FNO2S/c1-13-5-7-15(8-6-13)4-3-11-19-22(20,21)17-10-9-16(18)12-14(17)2/h5-10,12,19H,3-4,11H2,1-2H3. The van der Waals surface area contributed by atoms with Crippen LogP contribution >= 0.6 is 0 Å². The molecule has 2 rings (SSSR count). The van der Waals surface area contributed by atoms with Crippen molar-refractivity contribution in [1.29, 1.82) is 0 Å². The van der Waals surface area contributed by atoms with E-state index in [0.717, 1.165) is 12.5 Å². The van der Waals surface area contributed by atoms with Crippen molar-refractivity contribution in [3.8, 4) is 0 Å². The Morgan fingerprint density at radius 3 is 2.36 bits per heavy atom. The molecule has 118 valence electrons. The van der Waals surface area contributed by atoms with Gasteiger partial charge in [-0.05, 0) is 56.0 Å². The minimum absolute atomic E-state index is 0.129. The number of halogens is 1. The molecule has 0 bridgehead atoms. The van der Waals surface area contributed by atoms with Gasteiger partial charge in [0, 0.05) is 6.54 Å². The maximum Gasteiger partial charge on any atom is 0.240 e. The molecule has 0 saturated carbocycles. The molecule has 0 saturated heterocycles. The minimum Gasteiger partial charge on any atom is -0.211 e. The fraction of sp³-hybridized carbons (Fsp3) is 0.294. The van der Waals surface area contributed by atoms with E-state index >= 15 is 0 Å². The maximum atomic E-state index is 13.0. The Bertz CT molecular complexity index is 740. The lowest BCUT2D eigenvalue weighted by atomic mass is 10.1. The van der Waals surface area contributed by atoms with Crippen LogP contribution in [0.15, 0.2) is 47.4 Å². The van der Waals surface area contributed by atoms with Crippen molar-refractivity contribution in [3.63, 3.8) is 0 Å². The number of hydrogen-bond acceptors (Lipinski definition) is 2. The molecule has 22 heavy (non-hydrogen) atoms. The molecule has 0 aliphatic rings. The third kappa shape index (κ3) is 4.39. The van der Waals surface area contributed by atoms with Crippen LogP contribution in [0.5, 0.6) is 0 Å². The Morgan fingerprint density at radius 1 is 1.05 bits per heavy atom. The van der Waals surface area contributed by atoms with Crippen molar-refractivity contribution in [2.24, 2.45) is 0 Å². The van der Waals surface area contributed by atoms with Crippen LogP contribution in [0.3, 0.4) is 0 Å². The highest BCUT2D eigenvalue weighted by molar-refractivity contribution is 7.89. The summed E-state index contributed by atoms with van der Waals surface area (Å²) in [5, 5.41) is 0. The molecule has 0 spiro atoms. The van der Waals surface area contributed by atoms with Gasteiger partial charge >= 0.3 is 0 Å². The molecule has 3 nitrogen and oxygen atoms in total. The van der Waals surface area contributed by atoms with Gasteiger partial charge in [-0.1, -0.05) is 29.8 Å². The fourth-order valence-electron chi connectivity index (χ4n) is 2.25. The van der Waals surface area contributed by atoms with Gasteiger partial charge in [-0.15, -0.1) is 0 Å². The van der Waals surface area contributed by atoms with Crippen molar-refractivity contribution in [3.05, 3.63) is 65.0 Å². The van der Waals surface area contributed by atoms with Crippen LogP contribution in [-0.2, 0) is 16.4 Å². The van der Waals surface area contributed by atoms with Gasteiger partial charge < -0.3 is 0 Å². The Balaban J connectivity index is 1.91. The van der Waals surface area contributed by atoms with E-state index in [1.165, 1.54) is 23.3 Å². The van der Waals surface area contributed by atoms with Crippen molar-refractivity contribution < 1.29 is 12.8 Å². The first-order valence-corrected chi connectivity index (χ1v) is 8.68. The van der Waals surface area contributed by atoms with Crippen molar-refractivity contribution in [2.75, 3.05) is 6.54 Å². The van der Waals surface area contributed by atoms with E-state index in [-0.39, 0.29) is 4.90 Å². The Labute approximate surface area is 131 Å². The Hall–Kier alpha value is -1.72. The van der Waals surface area contributed by atoms with Gasteiger partial charge in [0.25, 0.3) is 0 Å². The van der Waals surface area contributed by atoms with Gasteiger partial charge in [-0.2, -0.15) is 0 Å². The first-order chi connectivity index (χ1) is 10.4. The number of sulfonamides is 1. The molecule has 0 heterocycles. The molecular formula is C17H20FNO2S. The van der Waals surface area contributed by atoms with Crippen LogP contribution in [0.2, 0.25) is 0 Å². The molecule has 1 N–H and O–H groups in total. The van der Waals surface area contributed by atoms with E-state index in [9.17, 15) is 12.8 Å². The monoisotopic (exact) mass is 321 g/mol. The highest BCUT2D eigenvalue weighted by atomic mass is 32.2. The van der Waals surface area contributed by atoms with Gasteiger partial charge in [-0.25, -0.2) is 17.5 Å². The number of aryl methyl sites for hydroxylation is 3. The first kappa shape index (κ1) is 16.6. The summed E-state index contributed by atoms with van der Waals surface area (Å²) in [7, 11) is -3.59. The summed E-state index contributed by atoms with van der Waals surface area (Å²) in [6.45, 7) is 3.97. The molecule has 2 aromatic carbocycles. The van der Waals surface area contributed by atoms with Gasteiger partial charge in [0.2, 0.25) is 10.0 Å². The molecular weight excluding hydrogens is 301 g/mol. The smallest absolute Gasteiger partial charge is 0.211 e. The lowest BCUT2D eigenvalue weighted by molar-refractivity contribution is 0.577. The second kappa shape index (κ2) is 7.03. The number of nitrogens with one attached hydrogen (secondary N) is 1. The van der Waals surface area contributed by atoms with Gasteiger partial charge in [0.1, 0.15) is 5.82 Å². The average molecular weight is 321 g/mol. The molecule has 0 aliphatic heterocycles. The summed E-state index contributed by atoms with van der Waals surface area (Å²) >= 11 is 0. The summed E-state index contributed by atoms with van der Waals surface area (Å²) in [6.07, 6.45) is 1.52. The molecule has 5 heteroatoms. The Morgan fingerprint density at radius 2 is 1.73 bits per heavy atom. The van der Waals surface area contributed by atoms with Crippen LogP contribution in [0, 0.1) is 19.7 Å². The molecule has 0 aliphatic carbocycles. The predicted molar refractivity (Wildman–Crippen MR) is 85.8 cm³/mol. The topological polar surface area (TPSA) is 46.2 Å². The van der Waals surface area contributed by atoms with Crippen LogP contribution in [0.1, 0.15) is 23.1 Å². The normalized spacial score (nSPS) is 11.6. The molecule has 0 fully saturated rings. The van der Waals surface area contributed by atoms with Gasteiger partial charge in [0.05, 0.1) is 4.90 Å². The van der Waals surface area contributed by atoms with E-state index in [1.807, 2.05) is 31.2 Å². The zero-order valence-corrected chi connectivity index (χ0v) is 13.6. The lowest BCUT2D eigenvalue weighted by Gasteiger charge is -2.09. The summed E-state index contributed by atoms with van der Waals surface area (Å²) in [5.74, 6) is -0.434.